The molecule has 2 aliphatic rings. The van der Waals surface area contributed by atoms with Crippen LogP contribution in [0.2, 0.25) is 0 Å². The maximum atomic E-state index is 12.4. The minimum absolute atomic E-state index is 0.0134. The van der Waals surface area contributed by atoms with Crippen molar-refractivity contribution in [3.63, 3.8) is 0 Å². The number of benzene rings is 1. The van der Waals surface area contributed by atoms with E-state index < -0.39 is 5.92 Å². The van der Waals surface area contributed by atoms with Gasteiger partial charge in [0.25, 0.3) is 0 Å². The van der Waals surface area contributed by atoms with Gasteiger partial charge in [0.05, 0.1) is 13.0 Å². The predicted octanol–water partition coefficient (Wildman–Crippen LogP) is 2.02. The number of ketones is 2. The molecule has 3 rings (SSSR count). The average molecular weight is 398 g/mol. The number of carbonyl (C=O) groups is 3. The minimum atomic E-state index is -0.657. The van der Waals surface area contributed by atoms with Gasteiger partial charge in [0, 0.05) is 51.8 Å². The number of carbonyl (C=O) groups excluding carboxylic acids is 3. The van der Waals surface area contributed by atoms with Crippen molar-refractivity contribution >= 4 is 23.7 Å². The summed E-state index contributed by atoms with van der Waals surface area (Å²) in [5.74, 6) is -0.511. The number of hydrogen-bond acceptors (Lipinski definition) is 5. The highest BCUT2D eigenvalue weighted by atomic mass is 16.2. The highest BCUT2D eigenvalue weighted by molar-refractivity contribution is 6.16. The summed E-state index contributed by atoms with van der Waals surface area (Å²) >= 11 is 0. The molecule has 2 fully saturated rings. The third-order valence-electron chi connectivity index (χ3n) is 5.72. The van der Waals surface area contributed by atoms with Crippen molar-refractivity contribution in [3.05, 3.63) is 35.9 Å². The first kappa shape index (κ1) is 21.4. The lowest BCUT2D eigenvalue weighted by molar-refractivity contribution is -0.136. The summed E-state index contributed by atoms with van der Waals surface area (Å²) in [6.45, 7) is 8.36. The molecule has 0 bridgehead atoms. The van der Waals surface area contributed by atoms with E-state index in [1.807, 2.05) is 49.1 Å². The van der Waals surface area contributed by atoms with E-state index >= 15 is 0 Å². The van der Waals surface area contributed by atoms with Gasteiger partial charge in [-0.25, -0.2) is 0 Å². The Bertz CT molecular complexity index is 745. The second-order valence-electron chi connectivity index (χ2n) is 8.87. The van der Waals surface area contributed by atoms with Crippen molar-refractivity contribution in [3.8, 4) is 0 Å². The van der Waals surface area contributed by atoms with Crippen LogP contribution in [0.25, 0.3) is 0 Å². The van der Waals surface area contributed by atoms with E-state index in [4.69, 9.17) is 0 Å². The molecule has 1 saturated heterocycles. The molecule has 0 N–H and O–H groups in total. The summed E-state index contributed by atoms with van der Waals surface area (Å²) in [6.07, 6.45) is 2.88. The van der Waals surface area contributed by atoms with Crippen LogP contribution in [0.3, 0.4) is 0 Å². The quantitative estimate of drug-likeness (QED) is 0.544. The zero-order valence-corrected chi connectivity index (χ0v) is 17.5. The molecule has 0 atom stereocenters. The van der Waals surface area contributed by atoms with Gasteiger partial charge in [-0.1, -0.05) is 44.2 Å². The lowest BCUT2D eigenvalue weighted by Crippen LogP contribution is -2.49. The van der Waals surface area contributed by atoms with E-state index in [1.54, 1.807) is 6.21 Å². The molecule has 1 aromatic carbocycles. The van der Waals surface area contributed by atoms with Crippen LogP contribution in [0, 0.1) is 11.3 Å². The van der Waals surface area contributed by atoms with Crippen molar-refractivity contribution in [2.45, 2.75) is 33.1 Å². The molecule has 6 nitrogen and oxygen atoms in total. The standard InChI is InChI=1S/C23H31N3O3/c1-23(2)15-20(27)19(21(28)16-23)17-24-8-9-25-10-12-26(13-11-25)22(29)14-18-6-4-3-5-7-18/h3-7,17,19H,8-16H2,1-2H3. The summed E-state index contributed by atoms with van der Waals surface area (Å²) < 4.78 is 0. The normalized spacial score (nSPS) is 21.1. The van der Waals surface area contributed by atoms with Gasteiger partial charge in [-0.15, -0.1) is 0 Å². The number of amides is 1. The first-order chi connectivity index (χ1) is 13.8. The summed E-state index contributed by atoms with van der Waals surface area (Å²) in [7, 11) is 0. The lowest BCUT2D eigenvalue weighted by atomic mass is 9.72. The second kappa shape index (κ2) is 9.44. The third kappa shape index (κ3) is 6.07. The Kier molecular flexibility index (Phi) is 6.96. The second-order valence-corrected chi connectivity index (χ2v) is 8.87. The van der Waals surface area contributed by atoms with E-state index in [-0.39, 0.29) is 22.9 Å². The van der Waals surface area contributed by atoms with Gasteiger partial charge in [-0.2, -0.15) is 0 Å². The number of Topliss-reactive ketones (excluding diaryl/α,β-unsaturated/α-hetero) is 2. The molecular formula is C23H31N3O3. The van der Waals surface area contributed by atoms with Gasteiger partial charge in [0.1, 0.15) is 17.5 Å². The van der Waals surface area contributed by atoms with Crippen LogP contribution < -0.4 is 0 Å². The average Bonchev–Trinajstić information content (AvgIpc) is 2.67. The van der Waals surface area contributed by atoms with Crippen LogP contribution in [0.4, 0.5) is 0 Å². The Morgan fingerprint density at radius 2 is 1.69 bits per heavy atom. The van der Waals surface area contributed by atoms with E-state index in [9.17, 15) is 14.4 Å². The number of aliphatic imine (C=N–C) groups is 1. The molecule has 1 amide bonds. The molecular weight excluding hydrogens is 366 g/mol. The Hall–Kier alpha value is -2.34. The first-order valence-corrected chi connectivity index (χ1v) is 10.4. The fourth-order valence-corrected chi connectivity index (χ4v) is 4.05. The molecule has 1 heterocycles. The third-order valence-corrected chi connectivity index (χ3v) is 5.72. The molecule has 0 spiro atoms. The zero-order valence-electron chi connectivity index (χ0n) is 17.5. The van der Waals surface area contributed by atoms with Crippen LogP contribution in [-0.2, 0) is 20.8 Å². The van der Waals surface area contributed by atoms with Crippen molar-refractivity contribution < 1.29 is 14.4 Å². The lowest BCUT2D eigenvalue weighted by Gasteiger charge is -2.34. The Balaban J connectivity index is 1.38. The van der Waals surface area contributed by atoms with E-state index in [2.05, 4.69) is 9.89 Å². The van der Waals surface area contributed by atoms with Gasteiger partial charge in [0.15, 0.2) is 0 Å². The monoisotopic (exact) mass is 397 g/mol. The maximum Gasteiger partial charge on any atom is 0.227 e. The highest BCUT2D eigenvalue weighted by Gasteiger charge is 2.38. The molecule has 0 radical (unpaired) electrons. The smallest absolute Gasteiger partial charge is 0.227 e. The minimum Gasteiger partial charge on any atom is -0.340 e. The largest absolute Gasteiger partial charge is 0.340 e. The predicted molar refractivity (Wildman–Crippen MR) is 113 cm³/mol. The summed E-state index contributed by atoms with van der Waals surface area (Å²) in [6, 6.07) is 9.83. The molecule has 1 saturated carbocycles. The molecule has 0 aromatic heterocycles. The van der Waals surface area contributed by atoms with Crippen LogP contribution in [0.5, 0.6) is 0 Å². The first-order valence-electron chi connectivity index (χ1n) is 10.4. The fraction of sp³-hybridized carbons (Fsp3) is 0.565. The van der Waals surface area contributed by atoms with Gasteiger partial charge in [-0.3, -0.25) is 24.3 Å². The zero-order chi connectivity index (χ0) is 20.9. The molecule has 1 aliphatic carbocycles. The Morgan fingerprint density at radius 1 is 1.07 bits per heavy atom. The highest BCUT2D eigenvalue weighted by Crippen LogP contribution is 2.33. The van der Waals surface area contributed by atoms with E-state index in [0.29, 0.717) is 25.8 Å². The summed E-state index contributed by atoms with van der Waals surface area (Å²) in [5, 5.41) is 0. The number of rotatable bonds is 6. The van der Waals surface area contributed by atoms with E-state index in [1.165, 1.54) is 0 Å². The van der Waals surface area contributed by atoms with Gasteiger partial charge in [-0.05, 0) is 11.0 Å². The van der Waals surface area contributed by atoms with E-state index in [0.717, 1.165) is 38.3 Å². The molecule has 6 heteroatoms. The maximum absolute atomic E-state index is 12.4. The van der Waals surface area contributed by atoms with Gasteiger partial charge in [0.2, 0.25) is 5.91 Å². The molecule has 29 heavy (non-hydrogen) atoms. The molecule has 1 aromatic rings. The van der Waals surface area contributed by atoms with Gasteiger partial charge < -0.3 is 4.90 Å². The van der Waals surface area contributed by atoms with Crippen molar-refractivity contribution in [1.29, 1.82) is 0 Å². The number of nitrogens with zero attached hydrogens (tertiary/aromatic N) is 3. The van der Waals surface area contributed by atoms with Gasteiger partial charge >= 0.3 is 0 Å². The van der Waals surface area contributed by atoms with Crippen LogP contribution in [0.15, 0.2) is 35.3 Å². The van der Waals surface area contributed by atoms with Crippen molar-refractivity contribution in [2.75, 3.05) is 39.3 Å². The van der Waals surface area contributed by atoms with Crippen molar-refractivity contribution in [2.24, 2.45) is 16.3 Å². The molecule has 1 aliphatic heterocycles. The van der Waals surface area contributed by atoms with Crippen LogP contribution >= 0.6 is 0 Å². The number of piperazine rings is 1. The summed E-state index contributed by atoms with van der Waals surface area (Å²) in [4.78, 5) is 45.4. The summed E-state index contributed by atoms with van der Waals surface area (Å²) in [5.41, 5.74) is 0.820. The van der Waals surface area contributed by atoms with Crippen LogP contribution in [0.1, 0.15) is 32.3 Å². The molecule has 0 unspecified atom stereocenters. The van der Waals surface area contributed by atoms with Crippen molar-refractivity contribution in [1.82, 2.24) is 9.80 Å². The molecule has 156 valence electrons. The number of hydrogen-bond donors (Lipinski definition) is 0. The van der Waals surface area contributed by atoms with Crippen LogP contribution in [-0.4, -0.2) is 72.8 Å². The fourth-order valence-electron chi connectivity index (χ4n) is 4.05. The topological polar surface area (TPSA) is 70.1 Å². The Labute approximate surface area is 173 Å². The SMILES string of the molecule is CC1(C)CC(=O)C(C=NCCN2CCN(C(=O)Cc3ccccc3)CC2)C(=O)C1. The Morgan fingerprint density at radius 3 is 2.31 bits per heavy atom.